The van der Waals surface area contributed by atoms with Crippen LogP contribution in [0.4, 0.5) is 0 Å². The fraction of sp³-hybridized carbons (Fsp3) is 0.895. The number of halogens is 1. The second-order valence-corrected chi connectivity index (χ2v) is 8.11. The number of hydrogen-bond acceptors (Lipinski definition) is 3. The third kappa shape index (κ3) is 7.53. The van der Waals surface area contributed by atoms with E-state index >= 15 is 0 Å². The zero-order valence-corrected chi connectivity index (χ0v) is 16.9. The van der Waals surface area contributed by atoms with Crippen LogP contribution < -0.4 is 10.6 Å². The van der Waals surface area contributed by atoms with Crippen molar-refractivity contribution in [3.05, 3.63) is 0 Å². The van der Waals surface area contributed by atoms with Gasteiger partial charge in [0.1, 0.15) is 0 Å². The summed E-state index contributed by atoms with van der Waals surface area (Å²) >= 11 is 0. The maximum absolute atomic E-state index is 12.3. The van der Waals surface area contributed by atoms with Crippen LogP contribution in [0.5, 0.6) is 0 Å². The Labute approximate surface area is 159 Å². The van der Waals surface area contributed by atoms with Crippen molar-refractivity contribution in [3.63, 3.8) is 0 Å². The van der Waals surface area contributed by atoms with Crippen molar-refractivity contribution >= 4 is 24.2 Å². The van der Waals surface area contributed by atoms with Gasteiger partial charge in [-0.15, -0.1) is 12.4 Å². The average Bonchev–Trinajstić information content (AvgIpc) is 2.55. The predicted molar refractivity (Wildman–Crippen MR) is 104 cm³/mol. The Morgan fingerprint density at radius 3 is 2.36 bits per heavy atom. The molecule has 6 heteroatoms. The first kappa shape index (κ1) is 22.2. The first-order valence-electron chi connectivity index (χ1n) is 9.73. The standard InChI is InChI=1S/C19H35N3O2.ClH/c1-14(2)11-19(24)22-9-6-17(7-10-22)21-18(23)12-15(3)16-5-4-8-20-13-16;/h14-17,20H,4-13H2,1-3H3,(H,21,23);1H. The molecule has 0 radical (unpaired) electrons. The lowest BCUT2D eigenvalue weighted by molar-refractivity contribution is -0.133. The minimum Gasteiger partial charge on any atom is -0.353 e. The highest BCUT2D eigenvalue weighted by molar-refractivity contribution is 5.85. The van der Waals surface area contributed by atoms with E-state index in [1.54, 1.807) is 0 Å². The van der Waals surface area contributed by atoms with Gasteiger partial charge >= 0.3 is 0 Å². The maximum Gasteiger partial charge on any atom is 0.222 e. The third-order valence-electron chi connectivity index (χ3n) is 5.44. The second-order valence-electron chi connectivity index (χ2n) is 8.11. The molecule has 25 heavy (non-hydrogen) atoms. The van der Waals surface area contributed by atoms with E-state index in [0.29, 0.717) is 30.6 Å². The molecule has 0 saturated carbocycles. The number of hydrogen-bond donors (Lipinski definition) is 2. The van der Waals surface area contributed by atoms with Crippen molar-refractivity contribution in [1.82, 2.24) is 15.5 Å². The van der Waals surface area contributed by atoms with Crippen molar-refractivity contribution in [1.29, 1.82) is 0 Å². The molecule has 2 rings (SSSR count). The van der Waals surface area contributed by atoms with Gasteiger partial charge in [0, 0.05) is 32.0 Å². The topological polar surface area (TPSA) is 61.4 Å². The summed E-state index contributed by atoms with van der Waals surface area (Å²) < 4.78 is 0. The monoisotopic (exact) mass is 373 g/mol. The molecule has 0 aromatic rings. The first-order chi connectivity index (χ1) is 11.5. The van der Waals surface area contributed by atoms with E-state index in [4.69, 9.17) is 0 Å². The smallest absolute Gasteiger partial charge is 0.222 e. The van der Waals surface area contributed by atoms with E-state index in [-0.39, 0.29) is 30.3 Å². The molecule has 2 unspecified atom stereocenters. The van der Waals surface area contributed by atoms with Crippen LogP contribution in [0.15, 0.2) is 0 Å². The Morgan fingerprint density at radius 1 is 1.12 bits per heavy atom. The second kappa shape index (κ2) is 11.0. The minimum atomic E-state index is 0. The Bertz CT molecular complexity index is 417. The van der Waals surface area contributed by atoms with Crippen molar-refractivity contribution in [2.24, 2.45) is 17.8 Å². The highest BCUT2D eigenvalue weighted by Crippen LogP contribution is 2.22. The molecular weight excluding hydrogens is 338 g/mol. The summed E-state index contributed by atoms with van der Waals surface area (Å²) in [6.07, 6.45) is 5.48. The van der Waals surface area contributed by atoms with Gasteiger partial charge in [0.05, 0.1) is 0 Å². The predicted octanol–water partition coefficient (Wildman–Crippen LogP) is 2.59. The van der Waals surface area contributed by atoms with Crippen LogP contribution in [-0.2, 0) is 9.59 Å². The number of likely N-dealkylation sites (tertiary alicyclic amines) is 1. The van der Waals surface area contributed by atoms with Crippen LogP contribution in [0, 0.1) is 17.8 Å². The van der Waals surface area contributed by atoms with Gasteiger partial charge in [-0.05, 0) is 56.5 Å². The molecule has 0 aromatic carbocycles. The highest BCUT2D eigenvalue weighted by atomic mass is 35.5. The minimum absolute atomic E-state index is 0. The molecule has 2 amide bonds. The normalized spacial score (nSPS) is 23.0. The molecular formula is C19H36ClN3O2. The average molecular weight is 374 g/mol. The van der Waals surface area contributed by atoms with Gasteiger partial charge < -0.3 is 15.5 Å². The Hall–Kier alpha value is -0.810. The first-order valence-corrected chi connectivity index (χ1v) is 9.73. The molecule has 2 heterocycles. The Morgan fingerprint density at radius 2 is 1.80 bits per heavy atom. The van der Waals surface area contributed by atoms with Crippen LogP contribution in [0.25, 0.3) is 0 Å². The summed E-state index contributed by atoms with van der Waals surface area (Å²) in [5.41, 5.74) is 0. The molecule has 2 fully saturated rings. The molecule has 0 bridgehead atoms. The maximum atomic E-state index is 12.3. The Kier molecular flexibility index (Phi) is 9.80. The van der Waals surface area contributed by atoms with E-state index in [9.17, 15) is 9.59 Å². The molecule has 0 aliphatic carbocycles. The summed E-state index contributed by atoms with van der Waals surface area (Å²) in [7, 11) is 0. The highest BCUT2D eigenvalue weighted by Gasteiger charge is 2.26. The lowest BCUT2D eigenvalue weighted by atomic mass is 9.85. The van der Waals surface area contributed by atoms with Crippen molar-refractivity contribution in [2.75, 3.05) is 26.2 Å². The van der Waals surface area contributed by atoms with E-state index in [2.05, 4.69) is 31.4 Å². The SMILES string of the molecule is CC(C)CC(=O)N1CCC(NC(=O)CC(C)C2CCCNC2)CC1.Cl. The molecule has 5 nitrogen and oxygen atoms in total. The van der Waals surface area contributed by atoms with Gasteiger partial charge in [0.25, 0.3) is 0 Å². The van der Waals surface area contributed by atoms with E-state index in [1.165, 1.54) is 12.8 Å². The van der Waals surface area contributed by atoms with Gasteiger partial charge in [0.15, 0.2) is 0 Å². The third-order valence-corrected chi connectivity index (χ3v) is 5.44. The number of carbonyl (C=O) groups excluding carboxylic acids is 2. The number of rotatable bonds is 6. The lowest BCUT2D eigenvalue weighted by Crippen LogP contribution is -2.47. The zero-order valence-electron chi connectivity index (χ0n) is 16.1. The fourth-order valence-electron chi connectivity index (χ4n) is 3.86. The van der Waals surface area contributed by atoms with Crippen LogP contribution in [0.3, 0.4) is 0 Å². The molecule has 2 aliphatic heterocycles. The van der Waals surface area contributed by atoms with Gasteiger partial charge in [-0.3, -0.25) is 9.59 Å². The molecule has 2 atom stereocenters. The van der Waals surface area contributed by atoms with E-state index in [1.807, 2.05) is 4.90 Å². The summed E-state index contributed by atoms with van der Waals surface area (Å²) in [6.45, 7) is 10.1. The van der Waals surface area contributed by atoms with Crippen LogP contribution in [0.1, 0.15) is 59.3 Å². The molecule has 0 aromatic heterocycles. The number of nitrogens with one attached hydrogen (secondary N) is 2. The number of piperidine rings is 2. The quantitative estimate of drug-likeness (QED) is 0.752. The van der Waals surface area contributed by atoms with Gasteiger partial charge in [0.2, 0.25) is 11.8 Å². The molecule has 146 valence electrons. The molecule has 2 N–H and O–H groups in total. The van der Waals surface area contributed by atoms with E-state index in [0.717, 1.165) is 39.0 Å². The molecule has 0 spiro atoms. The zero-order chi connectivity index (χ0) is 17.5. The van der Waals surface area contributed by atoms with Crippen molar-refractivity contribution in [3.8, 4) is 0 Å². The Balaban J connectivity index is 0.00000312. The number of carbonyl (C=O) groups is 2. The summed E-state index contributed by atoms with van der Waals surface area (Å²) in [5.74, 6) is 1.91. The molecule has 2 aliphatic rings. The fourth-order valence-corrected chi connectivity index (χ4v) is 3.86. The summed E-state index contributed by atoms with van der Waals surface area (Å²) in [6, 6.07) is 0.234. The van der Waals surface area contributed by atoms with Crippen molar-refractivity contribution < 1.29 is 9.59 Å². The largest absolute Gasteiger partial charge is 0.353 e. The summed E-state index contributed by atoms with van der Waals surface area (Å²) in [4.78, 5) is 26.4. The van der Waals surface area contributed by atoms with Gasteiger partial charge in [-0.1, -0.05) is 20.8 Å². The number of nitrogens with zero attached hydrogens (tertiary/aromatic N) is 1. The lowest BCUT2D eigenvalue weighted by Gasteiger charge is -2.33. The van der Waals surface area contributed by atoms with Crippen LogP contribution in [0.2, 0.25) is 0 Å². The van der Waals surface area contributed by atoms with Crippen LogP contribution >= 0.6 is 12.4 Å². The number of amides is 2. The summed E-state index contributed by atoms with van der Waals surface area (Å²) in [5, 5.41) is 6.62. The van der Waals surface area contributed by atoms with E-state index < -0.39 is 0 Å². The van der Waals surface area contributed by atoms with Gasteiger partial charge in [-0.2, -0.15) is 0 Å². The van der Waals surface area contributed by atoms with Crippen molar-refractivity contribution in [2.45, 2.75) is 65.3 Å². The van der Waals surface area contributed by atoms with Crippen LogP contribution in [-0.4, -0.2) is 48.9 Å². The molecule has 2 saturated heterocycles. The van der Waals surface area contributed by atoms with Gasteiger partial charge in [-0.25, -0.2) is 0 Å².